The summed E-state index contributed by atoms with van der Waals surface area (Å²) < 4.78 is 5.34. The van der Waals surface area contributed by atoms with Crippen molar-refractivity contribution in [2.45, 2.75) is 44.6 Å². The lowest BCUT2D eigenvalue weighted by Gasteiger charge is -2.37. The molecule has 1 saturated heterocycles. The molecule has 0 spiro atoms. The van der Waals surface area contributed by atoms with Crippen molar-refractivity contribution in [2.75, 3.05) is 26.7 Å². The summed E-state index contributed by atoms with van der Waals surface area (Å²) in [5, 5.41) is 21.8. The number of rotatable bonds is 11. The number of hydrogen-bond acceptors (Lipinski definition) is 7. The minimum atomic E-state index is -0.741. The molecular weight excluding hydrogens is 444 g/mol. The van der Waals surface area contributed by atoms with Gasteiger partial charge in [0.25, 0.3) is 0 Å². The number of ether oxygens (including phenoxy) is 1. The molecule has 1 aliphatic heterocycles. The van der Waals surface area contributed by atoms with Crippen LogP contribution in [0.15, 0.2) is 49.1 Å². The Morgan fingerprint density at radius 3 is 2.86 bits per heavy atom. The van der Waals surface area contributed by atoms with Gasteiger partial charge >= 0.3 is 5.97 Å². The Kier molecular flexibility index (Phi) is 8.60. The van der Waals surface area contributed by atoms with E-state index in [0.717, 1.165) is 60.9 Å². The smallest absolute Gasteiger partial charge is 0.308 e. The normalized spacial score (nSPS) is 19.5. The van der Waals surface area contributed by atoms with E-state index in [1.54, 1.807) is 25.8 Å². The monoisotopic (exact) mass is 478 g/mol. The van der Waals surface area contributed by atoms with Crippen molar-refractivity contribution in [1.82, 2.24) is 19.9 Å². The van der Waals surface area contributed by atoms with Crippen LogP contribution < -0.4 is 4.74 Å². The van der Waals surface area contributed by atoms with Gasteiger partial charge in [-0.25, -0.2) is 9.97 Å². The molecule has 0 aliphatic carbocycles. The molecule has 2 aromatic heterocycles. The number of carboxylic acid groups (broad SMARTS) is 1. The largest absolute Gasteiger partial charge is 0.497 e. The summed E-state index contributed by atoms with van der Waals surface area (Å²) >= 11 is 0. The van der Waals surface area contributed by atoms with E-state index in [1.807, 2.05) is 30.3 Å². The van der Waals surface area contributed by atoms with Crippen molar-refractivity contribution in [3.63, 3.8) is 0 Å². The van der Waals surface area contributed by atoms with Crippen LogP contribution in [-0.4, -0.2) is 62.8 Å². The number of piperidine rings is 1. The number of fused-ring (bicyclic) bond motifs is 1. The zero-order valence-electron chi connectivity index (χ0n) is 20.2. The molecule has 1 aliphatic rings. The first-order chi connectivity index (χ1) is 17.0. The van der Waals surface area contributed by atoms with E-state index in [-0.39, 0.29) is 5.92 Å². The van der Waals surface area contributed by atoms with Crippen LogP contribution in [-0.2, 0) is 11.2 Å². The summed E-state index contributed by atoms with van der Waals surface area (Å²) in [5.74, 6) is -0.377. The third-order valence-electron chi connectivity index (χ3n) is 7.11. The Hall–Kier alpha value is -3.10. The van der Waals surface area contributed by atoms with Gasteiger partial charge in [0, 0.05) is 30.0 Å². The number of aliphatic hydroxyl groups is 1. The number of hydrogen-bond donors (Lipinski definition) is 2. The van der Waals surface area contributed by atoms with Gasteiger partial charge in [0.15, 0.2) is 0 Å². The fraction of sp³-hybridized carbons (Fsp3) is 0.481. The quantitative estimate of drug-likeness (QED) is 0.400. The first-order valence-corrected chi connectivity index (χ1v) is 12.4. The van der Waals surface area contributed by atoms with Crippen molar-refractivity contribution in [3.8, 4) is 5.75 Å². The molecule has 0 amide bonds. The molecule has 0 radical (unpaired) electrons. The number of carboxylic acids is 1. The first-order valence-electron chi connectivity index (χ1n) is 12.4. The van der Waals surface area contributed by atoms with Crippen LogP contribution in [0.25, 0.3) is 10.9 Å². The predicted molar refractivity (Wildman–Crippen MR) is 133 cm³/mol. The van der Waals surface area contributed by atoms with Gasteiger partial charge in [-0.3, -0.25) is 9.78 Å². The Morgan fingerprint density at radius 1 is 1.20 bits per heavy atom. The molecule has 8 heteroatoms. The number of aromatic nitrogens is 3. The maximum absolute atomic E-state index is 12.1. The minimum Gasteiger partial charge on any atom is -0.497 e. The standard InChI is InChI=1S/C27H34N4O4/c1-35-21-6-7-25-23(16-21)22(10-13-29-25)26(32)8-5-19-11-15-31(17-24(19)27(33)34)14-3-2-4-20-9-12-28-18-30-20/h6-7,9-10,12-13,16,18-19,24,26,32H,2-5,8,11,14-15,17H2,1H3,(H,33,34)/t19-,24+,26?/m1/s1. The van der Waals surface area contributed by atoms with Gasteiger partial charge in [0.1, 0.15) is 12.1 Å². The lowest BCUT2D eigenvalue weighted by molar-refractivity contribution is -0.146. The molecule has 3 heterocycles. The Bertz CT molecular complexity index is 1110. The number of benzene rings is 1. The van der Waals surface area contributed by atoms with E-state index in [0.29, 0.717) is 25.1 Å². The Morgan fingerprint density at radius 2 is 2.09 bits per heavy atom. The van der Waals surface area contributed by atoms with Crippen LogP contribution in [0.2, 0.25) is 0 Å². The third kappa shape index (κ3) is 6.52. The molecule has 1 unspecified atom stereocenters. The summed E-state index contributed by atoms with van der Waals surface area (Å²) in [6.07, 6.45) is 9.33. The molecule has 0 bridgehead atoms. The van der Waals surface area contributed by atoms with Crippen molar-refractivity contribution in [3.05, 3.63) is 60.3 Å². The molecule has 3 atom stereocenters. The molecule has 2 N–H and O–H groups in total. The number of unbranched alkanes of at least 4 members (excludes halogenated alkanes) is 1. The van der Waals surface area contributed by atoms with Crippen LogP contribution >= 0.6 is 0 Å². The lowest BCUT2D eigenvalue weighted by atomic mass is 9.81. The number of aliphatic hydroxyl groups excluding tert-OH is 1. The summed E-state index contributed by atoms with van der Waals surface area (Å²) in [5.41, 5.74) is 2.65. The van der Waals surface area contributed by atoms with E-state index >= 15 is 0 Å². The van der Waals surface area contributed by atoms with Crippen molar-refractivity contribution in [2.24, 2.45) is 11.8 Å². The predicted octanol–water partition coefficient (Wildman–Crippen LogP) is 3.89. The number of carbonyl (C=O) groups is 1. The number of pyridine rings is 1. The fourth-order valence-electron chi connectivity index (χ4n) is 5.10. The van der Waals surface area contributed by atoms with Gasteiger partial charge in [0.2, 0.25) is 0 Å². The number of nitrogens with zero attached hydrogens (tertiary/aromatic N) is 4. The molecule has 0 saturated carbocycles. The second-order valence-electron chi connectivity index (χ2n) is 9.33. The highest BCUT2D eigenvalue weighted by molar-refractivity contribution is 5.83. The highest BCUT2D eigenvalue weighted by Gasteiger charge is 2.34. The SMILES string of the molecule is COc1ccc2nccc(C(O)CC[C@@H]3CCN(CCCCc4ccncn4)C[C@@H]3C(=O)O)c2c1. The van der Waals surface area contributed by atoms with Gasteiger partial charge in [0.05, 0.1) is 24.6 Å². The molecule has 1 aromatic carbocycles. The van der Waals surface area contributed by atoms with Crippen LogP contribution in [0.5, 0.6) is 5.75 Å². The highest BCUT2D eigenvalue weighted by Crippen LogP contribution is 2.33. The van der Waals surface area contributed by atoms with Crippen LogP contribution in [0.3, 0.4) is 0 Å². The van der Waals surface area contributed by atoms with Crippen LogP contribution in [0.1, 0.15) is 49.5 Å². The third-order valence-corrected chi connectivity index (χ3v) is 7.11. The minimum absolute atomic E-state index is 0.0575. The van der Waals surface area contributed by atoms with Gasteiger partial charge in [-0.05, 0) is 93.4 Å². The van der Waals surface area contributed by atoms with E-state index in [9.17, 15) is 15.0 Å². The number of aliphatic carboxylic acids is 1. The molecule has 35 heavy (non-hydrogen) atoms. The van der Waals surface area contributed by atoms with E-state index < -0.39 is 18.0 Å². The van der Waals surface area contributed by atoms with Crippen molar-refractivity contribution in [1.29, 1.82) is 0 Å². The highest BCUT2D eigenvalue weighted by atomic mass is 16.5. The first kappa shape index (κ1) is 25.0. The molecular formula is C27H34N4O4. The average Bonchev–Trinajstić information content (AvgIpc) is 2.89. The van der Waals surface area contributed by atoms with Gasteiger partial charge in [-0.15, -0.1) is 0 Å². The van der Waals surface area contributed by atoms with E-state index in [1.165, 1.54) is 0 Å². The summed E-state index contributed by atoms with van der Waals surface area (Å²) in [6.45, 7) is 2.36. The zero-order chi connectivity index (χ0) is 24.6. The zero-order valence-corrected chi connectivity index (χ0v) is 20.2. The van der Waals surface area contributed by atoms with Gasteiger partial charge in [-0.2, -0.15) is 0 Å². The van der Waals surface area contributed by atoms with Crippen molar-refractivity contribution >= 4 is 16.9 Å². The maximum Gasteiger partial charge on any atom is 0.308 e. The maximum atomic E-state index is 12.1. The molecule has 8 nitrogen and oxygen atoms in total. The molecule has 186 valence electrons. The van der Waals surface area contributed by atoms with E-state index in [4.69, 9.17) is 4.74 Å². The second-order valence-corrected chi connectivity index (χ2v) is 9.33. The van der Waals surface area contributed by atoms with Gasteiger partial charge < -0.3 is 19.8 Å². The summed E-state index contributed by atoms with van der Waals surface area (Å²) in [6, 6.07) is 9.40. The summed E-state index contributed by atoms with van der Waals surface area (Å²) in [4.78, 5) is 26.9. The molecule has 3 aromatic rings. The van der Waals surface area contributed by atoms with Crippen molar-refractivity contribution < 1.29 is 19.7 Å². The second kappa shape index (κ2) is 12.0. The Balaban J connectivity index is 1.30. The number of likely N-dealkylation sites (tertiary alicyclic amines) is 1. The topological polar surface area (TPSA) is 109 Å². The number of aryl methyl sites for hydroxylation is 1. The number of methoxy groups -OCH3 is 1. The average molecular weight is 479 g/mol. The molecule has 4 rings (SSSR count). The fourth-order valence-corrected chi connectivity index (χ4v) is 5.10. The molecule has 1 fully saturated rings. The van der Waals surface area contributed by atoms with Crippen LogP contribution in [0.4, 0.5) is 0 Å². The lowest BCUT2D eigenvalue weighted by Crippen LogP contribution is -2.44. The van der Waals surface area contributed by atoms with Crippen LogP contribution in [0, 0.1) is 11.8 Å². The van der Waals surface area contributed by atoms with E-state index in [2.05, 4.69) is 19.9 Å². The van der Waals surface area contributed by atoms with Gasteiger partial charge in [-0.1, -0.05) is 0 Å². The Labute approximate surface area is 206 Å². The summed E-state index contributed by atoms with van der Waals surface area (Å²) in [7, 11) is 1.62.